The highest BCUT2D eigenvalue weighted by Crippen LogP contribution is 2.37. The van der Waals surface area contributed by atoms with Gasteiger partial charge in [-0.15, -0.1) is 0 Å². The van der Waals surface area contributed by atoms with Gasteiger partial charge in [0, 0.05) is 22.4 Å². The van der Waals surface area contributed by atoms with Crippen LogP contribution in [-0.2, 0) is 6.54 Å². The van der Waals surface area contributed by atoms with Crippen molar-refractivity contribution in [2.75, 3.05) is 20.8 Å². The lowest BCUT2D eigenvalue weighted by Crippen LogP contribution is -2.37. The molecule has 0 aliphatic heterocycles. The topological polar surface area (TPSA) is 76.6 Å². The van der Waals surface area contributed by atoms with Crippen LogP contribution in [0.4, 0.5) is 0 Å². The Labute approximate surface area is 180 Å². The summed E-state index contributed by atoms with van der Waals surface area (Å²) in [5, 5.41) is 22.8. The zero-order valence-electron chi connectivity index (χ0n) is 17.8. The molecule has 0 aliphatic rings. The number of fused-ring (bicyclic) bond motifs is 3. The van der Waals surface area contributed by atoms with Crippen molar-refractivity contribution in [3.05, 3.63) is 66.2 Å². The highest BCUT2D eigenvalue weighted by Gasteiger charge is 2.26. The van der Waals surface area contributed by atoms with Crippen LogP contribution < -0.4 is 14.2 Å². The molecule has 0 amide bonds. The summed E-state index contributed by atoms with van der Waals surface area (Å²) < 4.78 is 18.6. The summed E-state index contributed by atoms with van der Waals surface area (Å²) in [6, 6.07) is 21.0. The zero-order valence-corrected chi connectivity index (χ0v) is 17.8. The van der Waals surface area contributed by atoms with Gasteiger partial charge in [-0.3, -0.25) is 0 Å². The van der Waals surface area contributed by atoms with Crippen LogP contribution in [-0.4, -0.2) is 36.1 Å². The molecule has 1 N–H and O–H groups in total. The van der Waals surface area contributed by atoms with E-state index < -0.39 is 5.60 Å². The number of nitriles is 1. The molecule has 1 aromatic heterocycles. The number of hydrogen-bond acceptors (Lipinski definition) is 5. The zero-order chi connectivity index (χ0) is 22.0. The first-order valence-electron chi connectivity index (χ1n) is 9.94. The molecule has 0 bridgehead atoms. The molecule has 158 valence electrons. The minimum Gasteiger partial charge on any atom is -0.497 e. The normalized spacial score (nSPS) is 13.0. The number of nitrogens with zero attached hydrogens (tertiary/aromatic N) is 2. The van der Waals surface area contributed by atoms with E-state index in [-0.39, 0.29) is 13.2 Å². The van der Waals surface area contributed by atoms with E-state index in [0.29, 0.717) is 22.8 Å². The molecular formula is C25H24N2O4. The fraction of sp³-hybridized carbons (Fsp3) is 0.240. The van der Waals surface area contributed by atoms with Crippen molar-refractivity contribution in [3.63, 3.8) is 0 Å². The molecule has 1 unspecified atom stereocenters. The number of hydrogen-bond donors (Lipinski definition) is 1. The summed E-state index contributed by atoms with van der Waals surface area (Å²) in [6.45, 7) is 2.08. The van der Waals surface area contributed by atoms with Crippen LogP contribution in [0, 0.1) is 11.3 Å². The van der Waals surface area contributed by atoms with Crippen molar-refractivity contribution in [2.45, 2.75) is 19.1 Å². The number of para-hydroxylation sites is 1. The molecular weight excluding hydrogens is 392 g/mol. The lowest BCUT2D eigenvalue weighted by Gasteiger charge is -2.25. The molecule has 1 atom stereocenters. The first-order chi connectivity index (χ1) is 15.0. The molecule has 3 aromatic carbocycles. The third kappa shape index (κ3) is 4.00. The Morgan fingerprint density at radius 2 is 1.65 bits per heavy atom. The first-order valence-corrected chi connectivity index (χ1v) is 9.94. The molecule has 0 fully saturated rings. The maximum Gasteiger partial charge on any atom is 0.120 e. The predicted molar refractivity (Wildman–Crippen MR) is 120 cm³/mol. The van der Waals surface area contributed by atoms with E-state index in [1.165, 1.54) is 0 Å². The second-order valence-electron chi connectivity index (χ2n) is 7.75. The Hall–Kier alpha value is -3.69. The third-order valence-electron chi connectivity index (χ3n) is 5.29. The molecule has 6 nitrogen and oxygen atoms in total. The average Bonchev–Trinajstić information content (AvgIpc) is 3.10. The van der Waals surface area contributed by atoms with Crippen molar-refractivity contribution < 1.29 is 19.3 Å². The van der Waals surface area contributed by atoms with Gasteiger partial charge in [-0.05, 0) is 43.3 Å². The number of methoxy groups -OCH3 is 2. The van der Waals surface area contributed by atoms with Crippen molar-refractivity contribution in [1.82, 2.24) is 4.57 Å². The van der Waals surface area contributed by atoms with E-state index in [1.54, 1.807) is 27.2 Å². The van der Waals surface area contributed by atoms with Crippen LogP contribution in [0.15, 0.2) is 60.7 Å². The van der Waals surface area contributed by atoms with Gasteiger partial charge in [0.2, 0.25) is 0 Å². The van der Waals surface area contributed by atoms with Gasteiger partial charge >= 0.3 is 0 Å². The van der Waals surface area contributed by atoms with Crippen LogP contribution in [0.5, 0.6) is 17.2 Å². The highest BCUT2D eigenvalue weighted by molar-refractivity contribution is 6.10. The molecule has 31 heavy (non-hydrogen) atoms. The molecule has 4 aromatic rings. The minimum atomic E-state index is -1.18. The predicted octanol–water partition coefficient (Wildman–Crippen LogP) is 4.51. The maximum atomic E-state index is 11.2. The standard InChI is InChI=1S/C25H24N2O4/c1-25(28,16-31-18-7-5-4-6-8-18)15-27-23-10-9-19(29-2)12-21(23)22-13-20(30-3)11-17(14-26)24(22)27/h4-13,28H,15-16H2,1-3H3. The average molecular weight is 416 g/mol. The van der Waals surface area contributed by atoms with Gasteiger partial charge in [0.05, 0.1) is 31.8 Å². The van der Waals surface area contributed by atoms with Gasteiger partial charge in [0.1, 0.15) is 35.5 Å². The van der Waals surface area contributed by atoms with E-state index in [1.807, 2.05) is 59.2 Å². The van der Waals surface area contributed by atoms with Gasteiger partial charge in [-0.1, -0.05) is 18.2 Å². The second kappa shape index (κ2) is 8.21. The van der Waals surface area contributed by atoms with Crippen LogP contribution >= 0.6 is 0 Å². The van der Waals surface area contributed by atoms with Gasteiger partial charge in [0.15, 0.2) is 0 Å². The SMILES string of the molecule is COc1ccc2c(c1)c1cc(OC)cc(C#N)c1n2CC(C)(O)COc1ccccc1. The largest absolute Gasteiger partial charge is 0.497 e. The molecule has 0 aliphatic carbocycles. The Bertz CT molecular complexity index is 1270. The third-order valence-corrected chi connectivity index (χ3v) is 5.29. The summed E-state index contributed by atoms with van der Waals surface area (Å²) in [6.07, 6.45) is 0. The first kappa shape index (κ1) is 20.6. The quantitative estimate of drug-likeness (QED) is 0.480. The Kier molecular flexibility index (Phi) is 5.45. The summed E-state index contributed by atoms with van der Waals surface area (Å²) in [5.41, 5.74) is 0.928. The number of rotatable bonds is 7. The van der Waals surface area contributed by atoms with Gasteiger partial charge in [-0.2, -0.15) is 5.26 Å². The summed E-state index contributed by atoms with van der Waals surface area (Å²) >= 11 is 0. The molecule has 0 radical (unpaired) electrons. The lowest BCUT2D eigenvalue weighted by molar-refractivity contribution is -0.00107. The smallest absolute Gasteiger partial charge is 0.120 e. The van der Waals surface area contributed by atoms with Crippen LogP contribution in [0.2, 0.25) is 0 Å². The van der Waals surface area contributed by atoms with Crippen LogP contribution in [0.1, 0.15) is 12.5 Å². The number of benzene rings is 3. The Morgan fingerprint density at radius 1 is 0.935 bits per heavy atom. The van der Waals surface area contributed by atoms with Crippen molar-refractivity contribution >= 4 is 21.8 Å². The lowest BCUT2D eigenvalue weighted by atomic mass is 10.1. The fourth-order valence-corrected chi connectivity index (χ4v) is 3.83. The summed E-state index contributed by atoms with van der Waals surface area (Å²) in [4.78, 5) is 0. The molecule has 0 saturated heterocycles. The molecule has 0 spiro atoms. The maximum absolute atomic E-state index is 11.2. The van der Waals surface area contributed by atoms with E-state index in [2.05, 4.69) is 6.07 Å². The van der Waals surface area contributed by atoms with Gasteiger partial charge < -0.3 is 23.9 Å². The number of ether oxygens (including phenoxy) is 3. The highest BCUT2D eigenvalue weighted by atomic mass is 16.5. The van der Waals surface area contributed by atoms with Crippen LogP contribution in [0.3, 0.4) is 0 Å². The fourth-order valence-electron chi connectivity index (χ4n) is 3.83. The van der Waals surface area contributed by atoms with Crippen molar-refractivity contribution in [2.24, 2.45) is 0 Å². The monoisotopic (exact) mass is 416 g/mol. The van der Waals surface area contributed by atoms with E-state index in [0.717, 1.165) is 21.8 Å². The Balaban J connectivity index is 1.82. The van der Waals surface area contributed by atoms with Gasteiger partial charge in [-0.25, -0.2) is 0 Å². The molecule has 1 heterocycles. The molecule has 4 rings (SSSR count). The second-order valence-corrected chi connectivity index (χ2v) is 7.75. The van der Waals surface area contributed by atoms with Crippen LogP contribution in [0.25, 0.3) is 21.8 Å². The summed E-state index contributed by atoms with van der Waals surface area (Å²) in [5.74, 6) is 2.01. The molecule has 0 saturated carbocycles. The van der Waals surface area contributed by atoms with E-state index in [9.17, 15) is 10.4 Å². The Morgan fingerprint density at radius 3 is 2.32 bits per heavy atom. The minimum absolute atomic E-state index is 0.104. The van der Waals surface area contributed by atoms with E-state index >= 15 is 0 Å². The summed E-state index contributed by atoms with van der Waals surface area (Å²) in [7, 11) is 3.20. The van der Waals surface area contributed by atoms with Gasteiger partial charge in [0.25, 0.3) is 0 Å². The molecule has 6 heteroatoms. The van der Waals surface area contributed by atoms with Crippen molar-refractivity contribution in [1.29, 1.82) is 5.26 Å². The number of aliphatic hydroxyl groups is 1. The van der Waals surface area contributed by atoms with E-state index in [4.69, 9.17) is 14.2 Å². The van der Waals surface area contributed by atoms with Crippen molar-refractivity contribution in [3.8, 4) is 23.3 Å². The number of aromatic nitrogens is 1.